The number of hydrogen-bond acceptors (Lipinski definition) is 1. The van der Waals surface area contributed by atoms with Crippen LogP contribution in [0.1, 0.15) is 38.5 Å². The molecule has 2 heteroatoms. The summed E-state index contributed by atoms with van der Waals surface area (Å²) in [4.78, 5) is 11.0. The van der Waals surface area contributed by atoms with Crippen LogP contribution in [0.3, 0.4) is 0 Å². The Morgan fingerprint density at radius 3 is 2.83 bits per heavy atom. The number of alkyl halides is 1. The Morgan fingerprint density at radius 2 is 2.17 bits per heavy atom. The molecular formula is C10H15BrO. The van der Waals surface area contributed by atoms with Crippen LogP contribution in [0.2, 0.25) is 0 Å². The van der Waals surface area contributed by atoms with Crippen molar-refractivity contribution < 1.29 is 4.79 Å². The van der Waals surface area contributed by atoms with Crippen LogP contribution in [0.15, 0.2) is 11.6 Å². The Bertz CT molecular complexity index is 184. The van der Waals surface area contributed by atoms with E-state index in [1.807, 2.05) is 6.08 Å². The summed E-state index contributed by atoms with van der Waals surface area (Å²) in [6, 6.07) is 0. The highest BCUT2D eigenvalue weighted by Gasteiger charge is 2.08. The number of ketones is 1. The summed E-state index contributed by atoms with van der Waals surface area (Å²) < 4.78 is 0. The minimum absolute atomic E-state index is 0.329. The molecule has 0 atom stereocenters. The summed E-state index contributed by atoms with van der Waals surface area (Å²) in [5.41, 5.74) is 1.37. The van der Waals surface area contributed by atoms with Crippen LogP contribution < -0.4 is 0 Å². The van der Waals surface area contributed by atoms with Crippen molar-refractivity contribution in [2.45, 2.75) is 38.5 Å². The van der Waals surface area contributed by atoms with Crippen molar-refractivity contribution in [2.24, 2.45) is 0 Å². The van der Waals surface area contributed by atoms with Crippen molar-refractivity contribution in [2.75, 3.05) is 5.33 Å². The van der Waals surface area contributed by atoms with E-state index in [0.717, 1.165) is 31.0 Å². The fourth-order valence-electron chi connectivity index (χ4n) is 1.51. The molecule has 0 bridgehead atoms. The Kier molecular flexibility index (Phi) is 4.59. The van der Waals surface area contributed by atoms with Gasteiger partial charge in [-0.25, -0.2) is 0 Å². The van der Waals surface area contributed by atoms with Gasteiger partial charge in [0.05, 0.1) is 0 Å². The molecule has 0 aromatic rings. The quantitative estimate of drug-likeness (QED) is 0.536. The molecule has 1 rings (SSSR count). The van der Waals surface area contributed by atoms with Gasteiger partial charge in [-0.3, -0.25) is 4.79 Å². The SMILES string of the molecule is O=C1C=C(CCCCBr)CCC1. The molecule has 0 spiro atoms. The molecule has 0 aliphatic heterocycles. The van der Waals surface area contributed by atoms with Crippen molar-refractivity contribution in [3.05, 3.63) is 11.6 Å². The molecular weight excluding hydrogens is 216 g/mol. The minimum atomic E-state index is 0.329. The lowest BCUT2D eigenvalue weighted by molar-refractivity contribution is -0.115. The molecule has 1 aliphatic rings. The summed E-state index contributed by atoms with van der Waals surface area (Å²) >= 11 is 3.40. The Hall–Kier alpha value is -0.110. The van der Waals surface area contributed by atoms with Crippen LogP contribution in [0.25, 0.3) is 0 Å². The third-order valence-electron chi connectivity index (χ3n) is 2.17. The predicted octanol–water partition coefficient (Wildman–Crippen LogP) is 3.23. The molecule has 0 fully saturated rings. The molecule has 0 radical (unpaired) electrons. The van der Waals surface area contributed by atoms with Crippen LogP contribution in [0, 0.1) is 0 Å². The topological polar surface area (TPSA) is 17.1 Å². The zero-order chi connectivity index (χ0) is 8.81. The lowest BCUT2D eigenvalue weighted by Gasteiger charge is -2.10. The number of carbonyl (C=O) groups excluding carboxylic acids is 1. The van der Waals surface area contributed by atoms with Crippen molar-refractivity contribution in [3.8, 4) is 0 Å². The number of halogens is 1. The molecule has 0 saturated carbocycles. The van der Waals surface area contributed by atoms with Crippen LogP contribution in [0.4, 0.5) is 0 Å². The van der Waals surface area contributed by atoms with Crippen molar-refractivity contribution in [1.29, 1.82) is 0 Å². The molecule has 12 heavy (non-hydrogen) atoms. The van der Waals surface area contributed by atoms with E-state index < -0.39 is 0 Å². The molecule has 1 nitrogen and oxygen atoms in total. The number of rotatable bonds is 4. The first kappa shape index (κ1) is 9.97. The largest absolute Gasteiger partial charge is 0.295 e. The Labute approximate surface area is 82.4 Å². The van der Waals surface area contributed by atoms with Gasteiger partial charge < -0.3 is 0 Å². The average molecular weight is 231 g/mol. The van der Waals surface area contributed by atoms with Gasteiger partial charge in [-0.05, 0) is 38.2 Å². The molecule has 0 unspecified atom stereocenters. The monoisotopic (exact) mass is 230 g/mol. The summed E-state index contributed by atoms with van der Waals surface area (Å²) in [7, 11) is 0. The minimum Gasteiger partial charge on any atom is -0.295 e. The number of hydrogen-bond donors (Lipinski definition) is 0. The fraction of sp³-hybridized carbons (Fsp3) is 0.700. The second-order valence-corrected chi connectivity index (χ2v) is 4.06. The van der Waals surface area contributed by atoms with Gasteiger partial charge in [0, 0.05) is 11.8 Å². The maximum Gasteiger partial charge on any atom is 0.155 e. The number of unbranched alkanes of at least 4 members (excludes halogenated alkanes) is 1. The van der Waals surface area contributed by atoms with E-state index in [2.05, 4.69) is 15.9 Å². The van der Waals surface area contributed by atoms with Crippen LogP contribution >= 0.6 is 15.9 Å². The third-order valence-corrected chi connectivity index (χ3v) is 2.73. The molecule has 0 amide bonds. The molecule has 0 N–H and O–H groups in total. The molecule has 68 valence electrons. The van der Waals surface area contributed by atoms with Crippen LogP contribution in [-0.4, -0.2) is 11.1 Å². The normalized spacial score (nSPS) is 17.8. The number of carbonyl (C=O) groups is 1. The first-order valence-electron chi connectivity index (χ1n) is 4.61. The Balaban J connectivity index is 2.26. The molecule has 0 aromatic heterocycles. The van der Waals surface area contributed by atoms with Gasteiger partial charge >= 0.3 is 0 Å². The van der Waals surface area contributed by atoms with E-state index in [4.69, 9.17) is 0 Å². The van der Waals surface area contributed by atoms with Gasteiger partial charge in [-0.1, -0.05) is 21.5 Å². The molecule has 1 aliphatic carbocycles. The predicted molar refractivity (Wildman–Crippen MR) is 54.6 cm³/mol. The highest BCUT2D eigenvalue weighted by Crippen LogP contribution is 2.20. The highest BCUT2D eigenvalue weighted by molar-refractivity contribution is 9.09. The van der Waals surface area contributed by atoms with Gasteiger partial charge in [0.1, 0.15) is 0 Å². The maximum atomic E-state index is 11.0. The third kappa shape index (κ3) is 3.53. The molecule has 0 aromatic carbocycles. The summed E-state index contributed by atoms with van der Waals surface area (Å²) in [5, 5.41) is 1.08. The zero-order valence-electron chi connectivity index (χ0n) is 7.31. The summed E-state index contributed by atoms with van der Waals surface area (Å²) in [5.74, 6) is 0.329. The van der Waals surface area contributed by atoms with E-state index in [-0.39, 0.29) is 0 Å². The zero-order valence-corrected chi connectivity index (χ0v) is 8.90. The van der Waals surface area contributed by atoms with E-state index >= 15 is 0 Å². The van der Waals surface area contributed by atoms with Gasteiger partial charge in [0.2, 0.25) is 0 Å². The first-order chi connectivity index (χ1) is 5.83. The molecule has 0 heterocycles. The Morgan fingerprint density at radius 1 is 1.33 bits per heavy atom. The fourth-order valence-corrected chi connectivity index (χ4v) is 1.90. The van der Waals surface area contributed by atoms with Gasteiger partial charge in [-0.15, -0.1) is 0 Å². The van der Waals surface area contributed by atoms with Crippen molar-refractivity contribution in [3.63, 3.8) is 0 Å². The second kappa shape index (κ2) is 5.52. The van der Waals surface area contributed by atoms with Crippen LogP contribution in [0.5, 0.6) is 0 Å². The average Bonchev–Trinajstić information content (AvgIpc) is 2.05. The van der Waals surface area contributed by atoms with Crippen molar-refractivity contribution >= 4 is 21.7 Å². The van der Waals surface area contributed by atoms with E-state index in [9.17, 15) is 4.79 Å². The number of allylic oxidation sites excluding steroid dienone is 2. The van der Waals surface area contributed by atoms with Gasteiger partial charge in [0.15, 0.2) is 5.78 Å². The van der Waals surface area contributed by atoms with E-state index in [1.165, 1.54) is 18.4 Å². The lowest BCUT2D eigenvalue weighted by Crippen LogP contribution is -2.02. The second-order valence-electron chi connectivity index (χ2n) is 3.27. The smallest absolute Gasteiger partial charge is 0.155 e. The van der Waals surface area contributed by atoms with Crippen LogP contribution in [-0.2, 0) is 4.79 Å². The summed E-state index contributed by atoms with van der Waals surface area (Å²) in [6.45, 7) is 0. The molecule has 0 saturated heterocycles. The summed E-state index contributed by atoms with van der Waals surface area (Å²) in [6.07, 6.45) is 8.39. The van der Waals surface area contributed by atoms with Crippen molar-refractivity contribution in [1.82, 2.24) is 0 Å². The van der Waals surface area contributed by atoms with E-state index in [1.54, 1.807) is 0 Å². The highest BCUT2D eigenvalue weighted by atomic mass is 79.9. The van der Waals surface area contributed by atoms with Gasteiger partial charge in [-0.2, -0.15) is 0 Å². The van der Waals surface area contributed by atoms with E-state index in [0.29, 0.717) is 5.78 Å². The van der Waals surface area contributed by atoms with Gasteiger partial charge in [0.25, 0.3) is 0 Å². The first-order valence-corrected chi connectivity index (χ1v) is 5.73. The standard InChI is InChI=1S/C10H15BrO/c11-7-2-1-4-9-5-3-6-10(12)8-9/h8H,1-7H2. The lowest BCUT2D eigenvalue weighted by atomic mass is 9.95. The maximum absolute atomic E-state index is 11.0.